The molecule has 3 rings (SSSR count). The quantitative estimate of drug-likeness (QED) is 0.896. The van der Waals surface area contributed by atoms with Crippen LogP contribution in [-0.2, 0) is 11.3 Å². The van der Waals surface area contributed by atoms with Crippen molar-refractivity contribution in [1.29, 1.82) is 0 Å². The Labute approximate surface area is 136 Å². The van der Waals surface area contributed by atoms with Gasteiger partial charge in [-0.15, -0.1) is 0 Å². The number of methoxy groups -OCH3 is 1. The lowest BCUT2D eigenvalue weighted by Gasteiger charge is -2.43. The Morgan fingerprint density at radius 1 is 1.35 bits per heavy atom. The number of nitrogens with one attached hydrogen (secondary N) is 1. The lowest BCUT2D eigenvalue weighted by Crippen LogP contribution is -2.49. The summed E-state index contributed by atoms with van der Waals surface area (Å²) in [7, 11) is 1.50. The molecule has 0 spiro atoms. The first-order chi connectivity index (χ1) is 11.1. The minimum Gasteiger partial charge on any atom is -0.497 e. The summed E-state index contributed by atoms with van der Waals surface area (Å²) in [6.07, 6.45) is 5.24. The van der Waals surface area contributed by atoms with Gasteiger partial charge in [-0.2, -0.15) is 0 Å². The highest BCUT2D eigenvalue weighted by Gasteiger charge is 2.40. The molecule has 4 nitrogen and oxygen atoms in total. The number of ether oxygens (including phenoxy) is 1. The molecule has 2 aliphatic rings. The molecule has 2 fully saturated rings. The van der Waals surface area contributed by atoms with Crippen LogP contribution in [0.4, 0.5) is 4.39 Å². The Morgan fingerprint density at radius 2 is 2.04 bits per heavy atom. The van der Waals surface area contributed by atoms with E-state index in [9.17, 15) is 9.18 Å². The van der Waals surface area contributed by atoms with Gasteiger partial charge in [-0.1, -0.05) is 12.5 Å². The van der Waals surface area contributed by atoms with Crippen molar-refractivity contribution >= 4 is 5.91 Å². The number of rotatable bonds is 4. The number of nitrogens with two attached hydrogens (primary N) is 1. The van der Waals surface area contributed by atoms with Crippen molar-refractivity contribution in [2.24, 2.45) is 23.5 Å². The van der Waals surface area contributed by atoms with Gasteiger partial charge in [0.15, 0.2) is 0 Å². The normalized spacial score (nSPS) is 29.9. The van der Waals surface area contributed by atoms with Crippen LogP contribution < -0.4 is 15.8 Å². The first-order valence-corrected chi connectivity index (χ1v) is 8.44. The van der Waals surface area contributed by atoms with Gasteiger partial charge < -0.3 is 15.8 Å². The maximum absolute atomic E-state index is 13.9. The fourth-order valence-electron chi connectivity index (χ4n) is 4.13. The van der Waals surface area contributed by atoms with Gasteiger partial charge in [0.1, 0.15) is 11.6 Å². The van der Waals surface area contributed by atoms with E-state index >= 15 is 0 Å². The molecule has 2 bridgehead atoms. The average Bonchev–Trinajstić information content (AvgIpc) is 2.53. The minimum absolute atomic E-state index is 0.0198. The number of hydrogen-bond acceptors (Lipinski definition) is 3. The SMILES string of the molecule is COc1ccc(CNC(=O)C2CC3CCCC(C2)C3N)c(F)c1. The van der Waals surface area contributed by atoms with Crippen LogP contribution in [0.2, 0.25) is 0 Å². The molecule has 0 aliphatic heterocycles. The molecule has 0 radical (unpaired) electrons. The second-order valence-corrected chi connectivity index (χ2v) is 6.87. The van der Waals surface area contributed by atoms with E-state index in [4.69, 9.17) is 10.5 Å². The maximum atomic E-state index is 13.9. The molecule has 0 aromatic heterocycles. The number of carbonyl (C=O) groups is 1. The second-order valence-electron chi connectivity index (χ2n) is 6.87. The van der Waals surface area contributed by atoms with Gasteiger partial charge in [0.2, 0.25) is 5.91 Å². The number of benzene rings is 1. The van der Waals surface area contributed by atoms with Gasteiger partial charge in [0.25, 0.3) is 0 Å². The van der Waals surface area contributed by atoms with Gasteiger partial charge in [-0.25, -0.2) is 4.39 Å². The third-order valence-electron chi connectivity index (χ3n) is 5.50. The Kier molecular flexibility index (Phi) is 4.85. The highest BCUT2D eigenvalue weighted by molar-refractivity contribution is 5.78. The summed E-state index contributed by atoms with van der Waals surface area (Å²) in [5, 5.41) is 2.89. The molecule has 1 aromatic carbocycles. The standard InChI is InChI=1S/C18H25FN2O2/c1-23-15-6-5-13(16(19)9-15)10-21-18(22)14-7-11-3-2-4-12(8-14)17(11)20/h5-6,9,11-12,14,17H,2-4,7-8,10,20H2,1H3,(H,21,22). The highest BCUT2D eigenvalue weighted by Crippen LogP contribution is 2.41. The van der Waals surface area contributed by atoms with Crippen molar-refractivity contribution in [2.45, 2.75) is 44.7 Å². The molecule has 2 atom stereocenters. The fourth-order valence-corrected chi connectivity index (χ4v) is 4.13. The van der Waals surface area contributed by atoms with Gasteiger partial charge in [0, 0.05) is 30.1 Å². The first-order valence-electron chi connectivity index (χ1n) is 8.44. The number of amides is 1. The van der Waals surface area contributed by atoms with E-state index in [-0.39, 0.29) is 30.2 Å². The number of fused-ring (bicyclic) bond motifs is 2. The van der Waals surface area contributed by atoms with E-state index < -0.39 is 0 Å². The smallest absolute Gasteiger partial charge is 0.223 e. The maximum Gasteiger partial charge on any atom is 0.223 e. The van der Waals surface area contributed by atoms with Gasteiger partial charge >= 0.3 is 0 Å². The van der Waals surface area contributed by atoms with Crippen LogP contribution in [0.25, 0.3) is 0 Å². The topological polar surface area (TPSA) is 64.3 Å². The van der Waals surface area contributed by atoms with Gasteiger partial charge in [0.05, 0.1) is 7.11 Å². The van der Waals surface area contributed by atoms with E-state index in [0.29, 0.717) is 23.1 Å². The third-order valence-corrected chi connectivity index (χ3v) is 5.50. The summed E-state index contributed by atoms with van der Waals surface area (Å²) in [5.74, 6) is 1.11. The molecule has 1 aromatic rings. The lowest BCUT2D eigenvalue weighted by molar-refractivity contribution is -0.128. The fraction of sp³-hybridized carbons (Fsp3) is 0.611. The zero-order valence-corrected chi connectivity index (χ0v) is 13.6. The van der Waals surface area contributed by atoms with Crippen molar-refractivity contribution in [1.82, 2.24) is 5.32 Å². The number of carbonyl (C=O) groups excluding carboxylic acids is 1. The predicted molar refractivity (Wildman–Crippen MR) is 86.3 cm³/mol. The van der Waals surface area contributed by atoms with Crippen molar-refractivity contribution < 1.29 is 13.9 Å². The Bertz CT molecular complexity index is 564. The first kappa shape index (κ1) is 16.2. The van der Waals surface area contributed by atoms with E-state index in [1.165, 1.54) is 19.6 Å². The molecule has 2 aliphatic carbocycles. The largest absolute Gasteiger partial charge is 0.497 e. The average molecular weight is 320 g/mol. The van der Waals surface area contributed by atoms with Crippen molar-refractivity contribution in [3.63, 3.8) is 0 Å². The predicted octanol–water partition coefficient (Wildman–Crippen LogP) is 2.60. The van der Waals surface area contributed by atoms with E-state index in [1.54, 1.807) is 12.1 Å². The van der Waals surface area contributed by atoms with Crippen LogP contribution in [0.3, 0.4) is 0 Å². The van der Waals surface area contributed by atoms with Gasteiger partial charge in [-0.3, -0.25) is 4.79 Å². The van der Waals surface area contributed by atoms with E-state index in [2.05, 4.69) is 5.32 Å². The molecule has 1 amide bonds. The lowest BCUT2D eigenvalue weighted by atomic mass is 9.65. The molecule has 5 heteroatoms. The van der Waals surface area contributed by atoms with E-state index in [1.807, 2.05) is 0 Å². The highest BCUT2D eigenvalue weighted by atomic mass is 19.1. The molecular weight excluding hydrogens is 295 g/mol. The van der Waals surface area contributed by atoms with Crippen molar-refractivity contribution in [3.05, 3.63) is 29.6 Å². The number of halogens is 1. The third kappa shape index (κ3) is 3.50. The molecule has 2 unspecified atom stereocenters. The van der Waals surface area contributed by atoms with Crippen LogP contribution in [0.1, 0.15) is 37.7 Å². The Hall–Kier alpha value is -1.62. The number of hydrogen-bond donors (Lipinski definition) is 2. The zero-order chi connectivity index (χ0) is 16.4. The van der Waals surface area contributed by atoms with Crippen molar-refractivity contribution in [3.8, 4) is 5.75 Å². The summed E-state index contributed by atoms with van der Waals surface area (Å²) in [6, 6.07) is 4.95. The Morgan fingerprint density at radius 3 is 2.65 bits per heavy atom. The van der Waals surface area contributed by atoms with Crippen LogP contribution in [0.15, 0.2) is 18.2 Å². The molecular formula is C18H25FN2O2. The van der Waals surface area contributed by atoms with Crippen LogP contribution in [0.5, 0.6) is 5.75 Å². The van der Waals surface area contributed by atoms with E-state index in [0.717, 1.165) is 25.7 Å². The monoisotopic (exact) mass is 320 g/mol. The molecule has 0 saturated heterocycles. The summed E-state index contributed by atoms with van der Waals surface area (Å²) >= 11 is 0. The summed E-state index contributed by atoms with van der Waals surface area (Å²) < 4.78 is 18.9. The van der Waals surface area contributed by atoms with Gasteiger partial charge in [-0.05, 0) is 43.6 Å². The summed E-state index contributed by atoms with van der Waals surface area (Å²) in [5.41, 5.74) is 6.74. The van der Waals surface area contributed by atoms with Crippen LogP contribution in [-0.4, -0.2) is 19.1 Å². The zero-order valence-electron chi connectivity index (χ0n) is 13.6. The minimum atomic E-state index is -0.354. The Balaban J connectivity index is 1.57. The van der Waals surface area contributed by atoms with Crippen molar-refractivity contribution in [2.75, 3.05) is 7.11 Å². The molecule has 0 heterocycles. The molecule has 23 heavy (non-hydrogen) atoms. The second kappa shape index (κ2) is 6.87. The molecule has 126 valence electrons. The van der Waals surface area contributed by atoms with Crippen LogP contribution >= 0.6 is 0 Å². The molecule has 3 N–H and O–H groups in total. The summed E-state index contributed by atoms with van der Waals surface area (Å²) in [6.45, 7) is 0.215. The molecule has 2 saturated carbocycles. The summed E-state index contributed by atoms with van der Waals surface area (Å²) in [4.78, 5) is 12.4. The van der Waals surface area contributed by atoms with Crippen LogP contribution in [0, 0.1) is 23.6 Å².